The van der Waals surface area contributed by atoms with E-state index in [1.165, 1.54) is 0 Å². The number of piperazine rings is 1. The Morgan fingerprint density at radius 2 is 1.41 bits per heavy atom. The first-order valence-corrected chi connectivity index (χ1v) is 18.9. The van der Waals surface area contributed by atoms with Gasteiger partial charge in [-0.15, -0.1) is 11.3 Å². The molecule has 1 saturated heterocycles. The topological polar surface area (TPSA) is 69.7 Å². The van der Waals surface area contributed by atoms with Crippen molar-refractivity contribution in [2.75, 3.05) is 59.1 Å². The standard InChI is InChI=1S/C41H45BrN2O6S/c1-41(2,3)50-38(45)29-46-25-23-43-19-21-44(22-20-43)24-26-47-33-13-15-34(16-14-33)49-39-36-18-17-35(48-28-30-7-5-4-6-8-30)27-37(36)51-40(39)31-9-11-32(42)12-10-31/h4-18,27H,19-26,28-29H2,1-3H3. The van der Waals surface area contributed by atoms with Crippen molar-refractivity contribution in [2.24, 2.45) is 0 Å². The SMILES string of the molecule is CC(C)(C)OC(=O)COCCN1CCN(CCOc2ccc(Oc3c(-c4ccc(Br)cc4)sc4cc(OCc5ccccc5)ccc34)cc2)CC1. The molecule has 0 saturated carbocycles. The molecular formula is C41H45BrN2O6S. The van der Waals surface area contributed by atoms with Crippen LogP contribution in [0.15, 0.2) is 102 Å². The van der Waals surface area contributed by atoms with Crippen molar-refractivity contribution < 1.29 is 28.5 Å². The lowest BCUT2D eigenvalue weighted by atomic mass is 10.1. The lowest BCUT2D eigenvalue weighted by Crippen LogP contribution is -2.48. The number of rotatable bonds is 15. The van der Waals surface area contributed by atoms with Crippen LogP contribution in [0.3, 0.4) is 0 Å². The van der Waals surface area contributed by atoms with E-state index < -0.39 is 5.60 Å². The number of halogens is 1. The summed E-state index contributed by atoms with van der Waals surface area (Å²) < 4.78 is 31.8. The summed E-state index contributed by atoms with van der Waals surface area (Å²) in [7, 11) is 0. The monoisotopic (exact) mass is 772 g/mol. The van der Waals surface area contributed by atoms with Crippen molar-refractivity contribution in [3.8, 4) is 33.4 Å². The second-order valence-corrected chi connectivity index (χ2v) is 15.4. The molecule has 0 aliphatic carbocycles. The number of ether oxygens (including phenoxy) is 5. The van der Waals surface area contributed by atoms with Gasteiger partial charge < -0.3 is 23.7 Å². The van der Waals surface area contributed by atoms with Crippen LogP contribution < -0.4 is 14.2 Å². The second kappa shape index (κ2) is 17.5. The summed E-state index contributed by atoms with van der Waals surface area (Å²) in [5.74, 6) is 2.89. The van der Waals surface area contributed by atoms with Crippen LogP contribution in [0, 0.1) is 0 Å². The van der Waals surface area contributed by atoms with Crippen LogP contribution in [0.5, 0.6) is 23.0 Å². The minimum Gasteiger partial charge on any atom is -0.492 e. The van der Waals surface area contributed by atoms with Gasteiger partial charge in [0.15, 0.2) is 5.75 Å². The molecule has 0 unspecified atom stereocenters. The maximum absolute atomic E-state index is 11.8. The van der Waals surface area contributed by atoms with Gasteiger partial charge in [0.2, 0.25) is 0 Å². The highest BCUT2D eigenvalue weighted by molar-refractivity contribution is 9.10. The molecule has 6 rings (SSSR count). The normalized spacial score (nSPS) is 14.0. The van der Waals surface area contributed by atoms with E-state index in [2.05, 4.69) is 74.3 Å². The highest BCUT2D eigenvalue weighted by Gasteiger charge is 2.20. The molecule has 0 bridgehead atoms. The van der Waals surface area contributed by atoms with Gasteiger partial charge >= 0.3 is 5.97 Å². The Balaban J connectivity index is 0.996. The van der Waals surface area contributed by atoms with Gasteiger partial charge in [-0.1, -0.05) is 58.4 Å². The first-order valence-electron chi connectivity index (χ1n) is 17.3. The first kappa shape index (κ1) is 36.8. The van der Waals surface area contributed by atoms with E-state index in [-0.39, 0.29) is 12.6 Å². The fourth-order valence-electron chi connectivity index (χ4n) is 5.75. The van der Waals surface area contributed by atoms with Gasteiger partial charge in [0.05, 0.1) is 11.5 Å². The fraction of sp³-hybridized carbons (Fsp3) is 0.341. The Labute approximate surface area is 313 Å². The molecule has 268 valence electrons. The van der Waals surface area contributed by atoms with E-state index in [1.807, 2.05) is 69.3 Å². The number of hydrogen-bond donors (Lipinski definition) is 0. The number of fused-ring (bicyclic) bond motifs is 1. The maximum Gasteiger partial charge on any atom is 0.332 e. The highest BCUT2D eigenvalue weighted by atomic mass is 79.9. The zero-order valence-electron chi connectivity index (χ0n) is 29.4. The fourth-order valence-corrected chi connectivity index (χ4v) is 7.18. The molecule has 1 aliphatic rings. The number of nitrogens with zero attached hydrogens (tertiary/aromatic N) is 2. The van der Waals surface area contributed by atoms with E-state index >= 15 is 0 Å². The Bertz CT molecular complexity index is 1850. The van der Waals surface area contributed by atoms with Gasteiger partial charge in [0.25, 0.3) is 0 Å². The van der Waals surface area contributed by atoms with Crippen LogP contribution in [0.2, 0.25) is 0 Å². The summed E-state index contributed by atoms with van der Waals surface area (Å²) in [6.07, 6.45) is 0. The molecule has 1 fully saturated rings. The minimum absolute atomic E-state index is 0.00782. The summed E-state index contributed by atoms with van der Waals surface area (Å²) in [4.78, 5) is 17.7. The Morgan fingerprint density at radius 1 is 0.765 bits per heavy atom. The summed E-state index contributed by atoms with van der Waals surface area (Å²) in [5.41, 5.74) is 1.73. The quantitative estimate of drug-likeness (QED) is 0.0772. The second-order valence-electron chi connectivity index (χ2n) is 13.4. The number of hydrogen-bond acceptors (Lipinski definition) is 9. The third-order valence-corrected chi connectivity index (χ3v) is 10.1. The molecule has 0 amide bonds. The third-order valence-electron chi connectivity index (χ3n) is 8.35. The lowest BCUT2D eigenvalue weighted by molar-refractivity contribution is -0.160. The molecule has 1 aromatic heterocycles. The van der Waals surface area contributed by atoms with Crippen molar-refractivity contribution in [1.29, 1.82) is 0 Å². The summed E-state index contributed by atoms with van der Waals surface area (Å²) in [5, 5.41) is 1.04. The predicted molar refractivity (Wildman–Crippen MR) is 207 cm³/mol. The molecule has 10 heteroatoms. The maximum atomic E-state index is 11.8. The molecule has 1 aliphatic heterocycles. The van der Waals surface area contributed by atoms with Crippen molar-refractivity contribution in [1.82, 2.24) is 9.80 Å². The molecule has 0 atom stereocenters. The number of carbonyl (C=O) groups is 1. The number of carbonyl (C=O) groups excluding carboxylic acids is 1. The smallest absolute Gasteiger partial charge is 0.332 e. The van der Waals surface area contributed by atoms with Crippen LogP contribution >= 0.6 is 27.3 Å². The van der Waals surface area contributed by atoms with Crippen LogP contribution in [0.4, 0.5) is 0 Å². The van der Waals surface area contributed by atoms with Crippen LogP contribution in [0.1, 0.15) is 26.3 Å². The molecule has 4 aromatic carbocycles. The van der Waals surface area contributed by atoms with E-state index in [4.69, 9.17) is 23.7 Å². The van der Waals surface area contributed by atoms with Crippen LogP contribution in [-0.2, 0) is 20.9 Å². The predicted octanol–water partition coefficient (Wildman–Crippen LogP) is 9.06. The van der Waals surface area contributed by atoms with Gasteiger partial charge in [0.1, 0.15) is 42.7 Å². The van der Waals surface area contributed by atoms with Gasteiger partial charge in [-0.3, -0.25) is 9.80 Å². The molecule has 8 nitrogen and oxygen atoms in total. The Kier molecular flexibility index (Phi) is 12.7. The van der Waals surface area contributed by atoms with Gasteiger partial charge in [0, 0.05) is 53.8 Å². The third kappa shape index (κ3) is 11.0. The number of benzene rings is 4. The molecule has 0 spiro atoms. The summed E-state index contributed by atoms with van der Waals surface area (Å²) in [6.45, 7) is 12.7. The van der Waals surface area contributed by atoms with Crippen molar-refractivity contribution in [2.45, 2.75) is 33.0 Å². The van der Waals surface area contributed by atoms with Crippen LogP contribution in [-0.4, -0.2) is 80.5 Å². The highest BCUT2D eigenvalue weighted by Crippen LogP contribution is 2.47. The summed E-state index contributed by atoms with van der Waals surface area (Å²) >= 11 is 5.26. The molecule has 0 N–H and O–H groups in total. The van der Waals surface area contributed by atoms with E-state index in [9.17, 15) is 4.79 Å². The Morgan fingerprint density at radius 3 is 2.10 bits per heavy atom. The molecule has 5 aromatic rings. The van der Waals surface area contributed by atoms with Crippen molar-refractivity contribution in [3.63, 3.8) is 0 Å². The van der Waals surface area contributed by atoms with Crippen LogP contribution in [0.25, 0.3) is 20.5 Å². The van der Waals surface area contributed by atoms with Gasteiger partial charge in [-0.2, -0.15) is 0 Å². The number of esters is 1. The summed E-state index contributed by atoms with van der Waals surface area (Å²) in [6, 6.07) is 32.6. The zero-order valence-corrected chi connectivity index (χ0v) is 31.8. The Hall–Kier alpha value is -3.93. The largest absolute Gasteiger partial charge is 0.492 e. The molecule has 51 heavy (non-hydrogen) atoms. The van der Waals surface area contributed by atoms with E-state index in [1.54, 1.807) is 11.3 Å². The van der Waals surface area contributed by atoms with E-state index in [0.29, 0.717) is 19.8 Å². The zero-order chi connectivity index (χ0) is 35.6. The average Bonchev–Trinajstić information content (AvgIpc) is 3.47. The molecule has 0 radical (unpaired) electrons. The average molecular weight is 774 g/mol. The molecular weight excluding hydrogens is 728 g/mol. The van der Waals surface area contributed by atoms with Gasteiger partial charge in [-0.25, -0.2) is 4.79 Å². The minimum atomic E-state index is -0.491. The van der Waals surface area contributed by atoms with Gasteiger partial charge in [-0.05, 0) is 86.5 Å². The molecule has 2 heterocycles. The number of thiophene rings is 1. The van der Waals surface area contributed by atoms with Crippen molar-refractivity contribution >= 4 is 43.3 Å². The lowest BCUT2D eigenvalue weighted by Gasteiger charge is -2.34. The van der Waals surface area contributed by atoms with Crippen molar-refractivity contribution in [3.05, 3.63) is 107 Å². The first-order chi connectivity index (χ1) is 24.7. The van der Waals surface area contributed by atoms with E-state index in [0.717, 1.165) is 92.8 Å².